The van der Waals surface area contributed by atoms with Gasteiger partial charge in [-0.1, -0.05) is 146 Å². The molecule has 266 valence electrons. The second-order valence-corrected chi connectivity index (χ2v) is 14.4. The maximum Gasteiger partial charge on any atom is 0.164 e. The van der Waals surface area contributed by atoms with Gasteiger partial charge in [-0.25, -0.2) is 15.0 Å². The summed E-state index contributed by atoms with van der Waals surface area (Å²) in [6.45, 7) is 0. The highest BCUT2D eigenvalue weighted by Gasteiger charge is 2.27. The molecule has 12 rings (SSSR count). The maximum absolute atomic E-state index is 6.95. The third kappa shape index (κ3) is 4.74. The third-order valence-electron chi connectivity index (χ3n) is 11.1. The summed E-state index contributed by atoms with van der Waals surface area (Å²) < 4.78 is 11.7. The second-order valence-electron chi connectivity index (χ2n) is 14.4. The summed E-state index contributed by atoms with van der Waals surface area (Å²) >= 11 is 0. The Morgan fingerprint density at radius 3 is 1.47 bits per heavy atom. The van der Waals surface area contributed by atoms with Crippen LogP contribution in [0.25, 0.3) is 111 Å². The van der Waals surface area contributed by atoms with Crippen molar-refractivity contribution in [1.29, 1.82) is 0 Å². The Balaban J connectivity index is 1.22. The highest BCUT2D eigenvalue weighted by atomic mass is 16.3. The Morgan fingerprint density at radius 2 is 0.825 bits per heavy atom. The molecule has 57 heavy (non-hydrogen) atoms. The van der Waals surface area contributed by atoms with Crippen LogP contribution in [0.1, 0.15) is 0 Å². The Bertz CT molecular complexity index is 3450. The van der Waals surface area contributed by atoms with Gasteiger partial charge < -0.3 is 13.6 Å². The van der Waals surface area contributed by atoms with Crippen molar-refractivity contribution < 1.29 is 4.42 Å². The lowest BCUT2D eigenvalue weighted by Gasteiger charge is -2.13. The Labute approximate surface area is 326 Å². The summed E-state index contributed by atoms with van der Waals surface area (Å²) in [7, 11) is 0. The minimum atomic E-state index is 0.611. The molecule has 8 aromatic carbocycles. The topological polar surface area (TPSA) is 61.7 Å². The van der Waals surface area contributed by atoms with E-state index < -0.39 is 0 Å². The van der Waals surface area contributed by atoms with Crippen LogP contribution in [0.4, 0.5) is 0 Å². The quantitative estimate of drug-likeness (QED) is 0.177. The molecule has 12 aromatic rings. The molecule has 0 fully saturated rings. The average molecular weight is 730 g/mol. The van der Waals surface area contributed by atoms with Gasteiger partial charge in [-0.3, -0.25) is 0 Å². The van der Waals surface area contributed by atoms with Crippen molar-refractivity contribution in [3.8, 4) is 45.5 Å². The van der Waals surface area contributed by atoms with Crippen molar-refractivity contribution in [2.24, 2.45) is 0 Å². The highest BCUT2D eigenvalue weighted by molar-refractivity contribution is 6.39. The summed E-state index contributed by atoms with van der Waals surface area (Å²) in [6, 6.07) is 65.3. The lowest BCUT2D eigenvalue weighted by Crippen LogP contribution is -2.01. The van der Waals surface area contributed by atoms with Gasteiger partial charge in [0.15, 0.2) is 23.1 Å². The normalized spacial score (nSPS) is 11.9. The first-order valence-electron chi connectivity index (χ1n) is 19.1. The molecule has 0 N–H and O–H groups in total. The van der Waals surface area contributed by atoms with E-state index in [1.54, 1.807) is 0 Å². The zero-order valence-corrected chi connectivity index (χ0v) is 30.5. The van der Waals surface area contributed by atoms with Crippen LogP contribution in [-0.2, 0) is 0 Å². The lowest BCUT2D eigenvalue weighted by molar-refractivity contribution is 0.671. The maximum atomic E-state index is 6.95. The van der Waals surface area contributed by atoms with E-state index in [0.29, 0.717) is 17.5 Å². The predicted molar refractivity (Wildman–Crippen MR) is 232 cm³/mol. The lowest BCUT2D eigenvalue weighted by atomic mass is 10.0. The van der Waals surface area contributed by atoms with Gasteiger partial charge >= 0.3 is 0 Å². The fourth-order valence-corrected chi connectivity index (χ4v) is 8.72. The SMILES string of the molecule is c1ccc(-c2nc(-c3ccccc3)nc(-c3cccc(-n4c5ccccc5c5c6c7ccccc7oc6c6c(c7ccccc7n6-c6ccccc6)c54)c3)n2)cc1. The molecule has 4 aromatic heterocycles. The van der Waals surface area contributed by atoms with Gasteiger partial charge in [0.1, 0.15) is 5.58 Å². The molecule has 6 nitrogen and oxygen atoms in total. The predicted octanol–water partition coefficient (Wildman–Crippen LogP) is 13.0. The number of fused-ring (bicyclic) bond motifs is 12. The van der Waals surface area contributed by atoms with Crippen molar-refractivity contribution >= 4 is 65.6 Å². The van der Waals surface area contributed by atoms with E-state index in [1.165, 1.54) is 0 Å². The van der Waals surface area contributed by atoms with Crippen molar-refractivity contribution in [1.82, 2.24) is 24.1 Å². The van der Waals surface area contributed by atoms with Crippen LogP contribution < -0.4 is 0 Å². The summed E-state index contributed by atoms with van der Waals surface area (Å²) in [5.74, 6) is 1.87. The number of hydrogen-bond donors (Lipinski definition) is 0. The van der Waals surface area contributed by atoms with Crippen LogP contribution in [0, 0.1) is 0 Å². The van der Waals surface area contributed by atoms with Crippen LogP contribution in [-0.4, -0.2) is 24.1 Å². The summed E-state index contributed by atoms with van der Waals surface area (Å²) in [5.41, 5.74) is 11.0. The fraction of sp³-hybridized carbons (Fsp3) is 0. The Hall–Kier alpha value is -7.83. The van der Waals surface area contributed by atoms with E-state index in [-0.39, 0.29) is 0 Å². The molecule has 0 amide bonds. The molecular weight excluding hydrogens is 699 g/mol. The number of para-hydroxylation sites is 4. The van der Waals surface area contributed by atoms with E-state index >= 15 is 0 Å². The number of furan rings is 1. The molecule has 6 heteroatoms. The molecule has 0 atom stereocenters. The van der Waals surface area contributed by atoms with Crippen LogP contribution in [0.3, 0.4) is 0 Å². The molecule has 0 aliphatic carbocycles. The van der Waals surface area contributed by atoms with Gasteiger partial charge in [0.05, 0.1) is 22.1 Å². The van der Waals surface area contributed by atoms with Crippen molar-refractivity contribution in [2.75, 3.05) is 0 Å². The van der Waals surface area contributed by atoms with Crippen molar-refractivity contribution in [2.45, 2.75) is 0 Å². The summed E-state index contributed by atoms with van der Waals surface area (Å²) in [5, 5.41) is 6.81. The summed E-state index contributed by atoms with van der Waals surface area (Å²) in [6.07, 6.45) is 0. The molecule has 0 saturated heterocycles. The zero-order chi connectivity index (χ0) is 37.5. The number of aromatic nitrogens is 5. The van der Waals surface area contributed by atoms with E-state index in [0.717, 1.165) is 93.6 Å². The monoisotopic (exact) mass is 729 g/mol. The van der Waals surface area contributed by atoms with Gasteiger partial charge in [-0.05, 0) is 42.5 Å². The standard InChI is InChI=1S/C51H31N5O/c1-4-17-32(18-5-1)49-52-50(33-19-6-2-7-20-33)54-51(53-49)34-21-16-24-36(31-34)56-40-28-13-10-25-37(40)43-44-39-27-12-15-30-42(39)57-48(44)47-45(46(43)56)38-26-11-14-29-41(38)55(47)35-22-8-3-9-23-35/h1-31H. The Morgan fingerprint density at radius 1 is 0.351 bits per heavy atom. The largest absolute Gasteiger partial charge is 0.454 e. The number of hydrogen-bond acceptors (Lipinski definition) is 4. The van der Waals surface area contributed by atoms with Crippen LogP contribution in [0.15, 0.2) is 192 Å². The summed E-state index contributed by atoms with van der Waals surface area (Å²) in [4.78, 5) is 15.1. The molecule has 0 radical (unpaired) electrons. The number of rotatable bonds is 5. The number of nitrogens with zero attached hydrogens (tertiary/aromatic N) is 5. The first kappa shape index (κ1) is 31.5. The van der Waals surface area contributed by atoms with Crippen LogP contribution in [0.5, 0.6) is 0 Å². The highest BCUT2D eigenvalue weighted by Crippen LogP contribution is 2.49. The fourth-order valence-electron chi connectivity index (χ4n) is 8.72. The van der Waals surface area contributed by atoms with E-state index in [9.17, 15) is 0 Å². The molecular formula is C51H31N5O. The van der Waals surface area contributed by atoms with Crippen LogP contribution in [0.2, 0.25) is 0 Å². The van der Waals surface area contributed by atoms with Gasteiger partial charge in [0, 0.05) is 60.4 Å². The van der Waals surface area contributed by atoms with Gasteiger partial charge in [0.25, 0.3) is 0 Å². The molecule has 0 aliphatic heterocycles. The van der Waals surface area contributed by atoms with E-state index in [4.69, 9.17) is 19.4 Å². The molecule has 0 aliphatic rings. The molecule has 0 bridgehead atoms. The minimum Gasteiger partial charge on any atom is -0.454 e. The first-order chi connectivity index (χ1) is 28.3. The molecule has 0 unspecified atom stereocenters. The van der Waals surface area contributed by atoms with Gasteiger partial charge in [-0.2, -0.15) is 0 Å². The third-order valence-corrected chi connectivity index (χ3v) is 11.1. The Kier molecular flexibility index (Phi) is 6.83. The number of benzene rings is 8. The van der Waals surface area contributed by atoms with E-state index in [1.807, 2.05) is 66.7 Å². The van der Waals surface area contributed by atoms with Crippen molar-refractivity contribution in [3.63, 3.8) is 0 Å². The van der Waals surface area contributed by atoms with Crippen LogP contribution >= 0.6 is 0 Å². The van der Waals surface area contributed by atoms with Crippen molar-refractivity contribution in [3.05, 3.63) is 188 Å². The molecule has 0 spiro atoms. The average Bonchev–Trinajstić information content (AvgIpc) is 3.95. The first-order valence-corrected chi connectivity index (χ1v) is 19.1. The van der Waals surface area contributed by atoms with Gasteiger partial charge in [-0.15, -0.1) is 0 Å². The smallest absolute Gasteiger partial charge is 0.164 e. The second kappa shape index (κ2) is 12.3. The zero-order valence-electron chi connectivity index (χ0n) is 30.5. The molecule has 4 heterocycles. The minimum absolute atomic E-state index is 0.611. The van der Waals surface area contributed by atoms with Gasteiger partial charge in [0.2, 0.25) is 0 Å². The molecule has 0 saturated carbocycles. The van der Waals surface area contributed by atoms with E-state index in [2.05, 4.69) is 130 Å².